The molecule has 7 nitrogen and oxygen atoms in total. The Kier molecular flexibility index (Phi) is 6.15. The number of carbonyl (C=O) groups excluding carboxylic acids is 1. The number of carbonyl (C=O) groups is 1. The highest BCUT2D eigenvalue weighted by Crippen LogP contribution is 2.30. The first-order valence-corrected chi connectivity index (χ1v) is 11.1. The molecular weight excluding hydrogens is 364 g/mol. The highest BCUT2D eigenvalue weighted by atomic mass is 32.2. The molecule has 0 atom stereocenters. The standard InChI is InChI=1S/C19H26N4O3S/c1-2-13-27(25,26)22-16-8-6-7-15(14-16)19(24)21-18-11-12-20-23(18)17-9-4-3-5-10-17/h6-8,11-12,14,17,22H,2-5,9-10,13H2,1H3,(H,21,24). The number of nitrogens with one attached hydrogen (secondary N) is 2. The van der Waals surface area contributed by atoms with Crippen molar-refractivity contribution in [1.29, 1.82) is 0 Å². The number of hydrogen-bond acceptors (Lipinski definition) is 4. The first kappa shape index (κ1) is 19.4. The van der Waals surface area contributed by atoms with Crippen LogP contribution in [-0.2, 0) is 10.0 Å². The molecule has 0 bridgehead atoms. The van der Waals surface area contributed by atoms with Crippen LogP contribution in [0, 0.1) is 0 Å². The summed E-state index contributed by atoms with van der Waals surface area (Å²) in [6.07, 6.45) is 7.97. The molecule has 1 aromatic heterocycles. The number of nitrogens with zero attached hydrogens (tertiary/aromatic N) is 2. The van der Waals surface area contributed by atoms with Gasteiger partial charge in [-0.25, -0.2) is 13.1 Å². The van der Waals surface area contributed by atoms with Crippen LogP contribution in [0.5, 0.6) is 0 Å². The summed E-state index contributed by atoms with van der Waals surface area (Å²) in [6.45, 7) is 1.80. The van der Waals surface area contributed by atoms with Gasteiger partial charge in [-0.15, -0.1) is 0 Å². The zero-order chi connectivity index (χ0) is 19.3. The number of amides is 1. The molecule has 1 aliphatic carbocycles. The van der Waals surface area contributed by atoms with Gasteiger partial charge in [-0.2, -0.15) is 5.10 Å². The Morgan fingerprint density at radius 2 is 2.00 bits per heavy atom. The van der Waals surface area contributed by atoms with Crippen molar-refractivity contribution in [3.63, 3.8) is 0 Å². The van der Waals surface area contributed by atoms with Crippen LogP contribution < -0.4 is 10.0 Å². The Labute approximate surface area is 160 Å². The lowest BCUT2D eigenvalue weighted by Gasteiger charge is -2.23. The van der Waals surface area contributed by atoms with Crippen LogP contribution in [0.25, 0.3) is 0 Å². The third-order valence-electron chi connectivity index (χ3n) is 4.70. The van der Waals surface area contributed by atoms with Crippen LogP contribution >= 0.6 is 0 Å². The topological polar surface area (TPSA) is 93.1 Å². The van der Waals surface area contributed by atoms with E-state index < -0.39 is 10.0 Å². The summed E-state index contributed by atoms with van der Waals surface area (Å²) >= 11 is 0. The van der Waals surface area contributed by atoms with Crippen molar-refractivity contribution >= 4 is 27.4 Å². The number of rotatable bonds is 7. The second-order valence-electron chi connectivity index (χ2n) is 6.91. The predicted octanol–water partition coefficient (Wildman–Crippen LogP) is 3.79. The summed E-state index contributed by atoms with van der Waals surface area (Å²) in [4.78, 5) is 12.7. The first-order valence-electron chi connectivity index (χ1n) is 9.44. The molecule has 1 fully saturated rings. The highest BCUT2D eigenvalue weighted by Gasteiger charge is 2.19. The molecular formula is C19H26N4O3S. The second kappa shape index (κ2) is 8.56. The fraction of sp³-hybridized carbons (Fsp3) is 0.474. The second-order valence-corrected chi connectivity index (χ2v) is 8.75. The summed E-state index contributed by atoms with van der Waals surface area (Å²) in [7, 11) is -3.39. The minimum atomic E-state index is -3.39. The van der Waals surface area contributed by atoms with Crippen LogP contribution in [0.1, 0.15) is 61.8 Å². The Morgan fingerprint density at radius 3 is 2.74 bits per heavy atom. The van der Waals surface area contributed by atoms with E-state index in [0.29, 0.717) is 29.5 Å². The lowest BCUT2D eigenvalue weighted by molar-refractivity contribution is 0.102. The molecule has 0 saturated heterocycles. The molecule has 0 unspecified atom stereocenters. The fourth-order valence-corrected chi connectivity index (χ4v) is 4.57. The Hall–Kier alpha value is -2.35. The molecule has 1 heterocycles. The number of hydrogen-bond donors (Lipinski definition) is 2. The number of sulfonamides is 1. The van der Waals surface area contributed by atoms with Crippen molar-refractivity contribution in [2.24, 2.45) is 0 Å². The smallest absolute Gasteiger partial charge is 0.256 e. The van der Waals surface area contributed by atoms with Gasteiger partial charge in [0.2, 0.25) is 10.0 Å². The highest BCUT2D eigenvalue weighted by molar-refractivity contribution is 7.92. The van der Waals surface area contributed by atoms with Gasteiger partial charge < -0.3 is 5.32 Å². The van der Waals surface area contributed by atoms with Crippen LogP contribution in [0.2, 0.25) is 0 Å². The van der Waals surface area contributed by atoms with Gasteiger partial charge >= 0.3 is 0 Å². The molecule has 27 heavy (non-hydrogen) atoms. The zero-order valence-electron chi connectivity index (χ0n) is 15.5. The molecule has 1 aromatic carbocycles. The predicted molar refractivity (Wildman–Crippen MR) is 106 cm³/mol. The number of aromatic nitrogens is 2. The molecule has 0 radical (unpaired) electrons. The van der Waals surface area contributed by atoms with Gasteiger partial charge in [-0.05, 0) is 37.5 Å². The van der Waals surface area contributed by atoms with Crippen molar-refractivity contribution in [1.82, 2.24) is 9.78 Å². The number of anilines is 2. The SMILES string of the molecule is CCCS(=O)(=O)Nc1cccc(C(=O)Nc2ccnn2C2CCCCC2)c1. The summed E-state index contributed by atoms with van der Waals surface area (Å²) in [5, 5.41) is 7.29. The van der Waals surface area contributed by atoms with Crippen molar-refractivity contribution < 1.29 is 13.2 Å². The summed E-state index contributed by atoms with van der Waals surface area (Å²) in [6, 6.07) is 8.61. The van der Waals surface area contributed by atoms with Crippen LogP contribution in [0.3, 0.4) is 0 Å². The third kappa shape index (κ3) is 5.09. The minimum absolute atomic E-state index is 0.0456. The van der Waals surface area contributed by atoms with Gasteiger partial charge in [0.25, 0.3) is 5.91 Å². The van der Waals surface area contributed by atoms with E-state index in [4.69, 9.17) is 0 Å². The van der Waals surface area contributed by atoms with E-state index in [1.165, 1.54) is 19.3 Å². The van der Waals surface area contributed by atoms with Gasteiger partial charge in [0.05, 0.1) is 18.0 Å². The van der Waals surface area contributed by atoms with E-state index in [1.807, 2.05) is 4.68 Å². The summed E-state index contributed by atoms with van der Waals surface area (Å²) < 4.78 is 28.3. The average Bonchev–Trinajstić information content (AvgIpc) is 3.10. The van der Waals surface area contributed by atoms with Gasteiger partial charge in [-0.1, -0.05) is 32.3 Å². The van der Waals surface area contributed by atoms with E-state index >= 15 is 0 Å². The fourth-order valence-electron chi connectivity index (χ4n) is 3.44. The molecule has 146 valence electrons. The minimum Gasteiger partial charge on any atom is -0.307 e. The normalized spacial score (nSPS) is 15.4. The van der Waals surface area contributed by atoms with Gasteiger partial charge in [0, 0.05) is 17.3 Å². The van der Waals surface area contributed by atoms with Gasteiger partial charge in [0.15, 0.2) is 0 Å². The molecule has 8 heteroatoms. The van der Waals surface area contributed by atoms with Crippen molar-refractivity contribution in [3.8, 4) is 0 Å². The van der Waals surface area contributed by atoms with E-state index in [-0.39, 0.29) is 11.7 Å². The summed E-state index contributed by atoms with van der Waals surface area (Å²) in [5.74, 6) is 0.428. The largest absolute Gasteiger partial charge is 0.307 e. The third-order valence-corrected chi connectivity index (χ3v) is 6.20. The van der Waals surface area contributed by atoms with E-state index in [0.717, 1.165) is 12.8 Å². The maximum absolute atomic E-state index is 12.7. The van der Waals surface area contributed by atoms with Crippen LogP contribution in [-0.4, -0.2) is 29.9 Å². The summed E-state index contributed by atoms with van der Waals surface area (Å²) in [5.41, 5.74) is 0.778. The van der Waals surface area contributed by atoms with Crippen molar-refractivity contribution in [2.75, 3.05) is 15.8 Å². The monoisotopic (exact) mass is 390 g/mol. The maximum atomic E-state index is 12.7. The Bertz CT molecular complexity index is 886. The molecule has 2 N–H and O–H groups in total. The lowest BCUT2D eigenvalue weighted by atomic mass is 9.96. The lowest BCUT2D eigenvalue weighted by Crippen LogP contribution is -2.20. The average molecular weight is 391 g/mol. The Morgan fingerprint density at radius 1 is 1.22 bits per heavy atom. The molecule has 2 aromatic rings. The van der Waals surface area contributed by atoms with Crippen molar-refractivity contribution in [2.45, 2.75) is 51.5 Å². The van der Waals surface area contributed by atoms with Crippen LogP contribution in [0.4, 0.5) is 11.5 Å². The van der Waals surface area contributed by atoms with E-state index in [1.54, 1.807) is 43.5 Å². The molecule has 3 rings (SSSR count). The van der Waals surface area contributed by atoms with Gasteiger partial charge in [-0.3, -0.25) is 9.52 Å². The van der Waals surface area contributed by atoms with Crippen molar-refractivity contribution in [3.05, 3.63) is 42.1 Å². The van der Waals surface area contributed by atoms with Crippen LogP contribution in [0.15, 0.2) is 36.5 Å². The Balaban J connectivity index is 1.72. The first-order chi connectivity index (χ1) is 13.0. The quantitative estimate of drug-likeness (QED) is 0.752. The molecule has 1 saturated carbocycles. The molecule has 1 amide bonds. The van der Waals surface area contributed by atoms with E-state index in [2.05, 4.69) is 15.1 Å². The molecule has 0 aliphatic heterocycles. The maximum Gasteiger partial charge on any atom is 0.256 e. The molecule has 0 spiro atoms. The number of benzene rings is 1. The van der Waals surface area contributed by atoms with E-state index in [9.17, 15) is 13.2 Å². The molecule has 1 aliphatic rings. The zero-order valence-corrected chi connectivity index (χ0v) is 16.3. The van der Waals surface area contributed by atoms with Gasteiger partial charge in [0.1, 0.15) is 5.82 Å².